The van der Waals surface area contributed by atoms with E-state index in [2.05, 4.69) is 29.2 Å². The molecule has 0 spiro atoms. The van der Waals surface area contributed by atoms with Gasteiger partial charge in [-0.15, -0.1) is 0 Å². The van der Waals surface area contributed by atoms with Crippen LogP contribution in [0.5, 0.6) is 0 Å². The number of aliphatic hydroxyl groups is 2. The maximum absolute atomic E-state index is 9.94. The molecule has 3 heteroatoms. The van der Waals surface area contributed by atoms with Gasteiger partial charge in [0.25, 0.3) is 0 Å². The van der Waals surface area contributed by atoms with Gasteiger partial charge in [0.15, 0.2) is 0 Å². The Hall–Kier alpha value is -1.68. The third kappa shape index (κ3) is 4.67. The molecular formula is C18H23NO2. The summed E-state index contributed by atoms with van der Waals surface area (Å²) in [5, 5.41) is 19.6. The molecule has 0 aliphatic heterocycles. The molecule has 3 nitrogen and oxygen atoms in total. The van der Waals surface area contributed by atoms with Crippen LogP contribution in [-0.4, -0.2) is 33.9 Å². The Labute approximate surface area is 126 Å². The lowest BCUT2D eigenvalue weighted by Crippen LogP contribution is -2.44. The second kappa shape index (κ2) is 7.93. The lowest BCUT2D eigenvalue weighted by atomic mass is 10.1. The summed E-state index contributed by atoms with van der Waals surface area (Å²) < 4.78 is 0. The Morgan fingerprint density at radius 3 is 1.62 bits per heavy atom. The number of nitrogens with zero attached hydrogens (tertiary/aromatic N) is 1. The third-order valence-corrected chi connectivity index (χ3v) is 3.67. The van der Waals surface area contributed by atoms with Crippen molar-refractivity contribution in [2.24, 2.45) is 0 Å². The second-order valence-electron chi connectivity index (χ2n) is 5.37. The highest BCUT2D eigenvalue weighted by molar-refractivity contribution is 5.17. The minimum absolute atomic E-state index is 0.0582. The fourth-order valence-electron chi connectivity index (χ4n) is 2.50. The van der Waals surface area contributed by atoms with E-state index in [1.54, 1.807) is 6.92 Å². The van der Waals surface area contributed by atoms with E-state index in [-0.39, 0.29) is 12.6 Å². The van der Waals surface area contributed by atoms with Crippen LogP contribution in [0.3, 0.4) is 0 Å². The molecule has 112 valence electrons. The summed E-state index contributed by atoms with van der Waals surface area (Å²) in [7, 11) is 0. The van der Waals surface area contributed by atoms with Crippen LogP contribution in [-0.2, 0) is 13.1 Å². The Morgan fingerprint density at radius 1 is 0.857 bits per heavy atom. The molecule has 21 heavy (non-hydrogen) atoms. The number of benzene rings is 2. The summed E-state index contributed by atoms with van der Waals surface area (Å²) in [4.78, 5) is 2.12. The molecule has 2 rings (SSSR count). The number of hydrogen-bond donors (Lipinski definition) is 2. The van der Waals surface area contributed by atoms with Gasteiger partial charge in [-0.1, -0.05) is 60.7 Å². The molecule has 0 heterocycles. The minimum atomic E-state index is -0.581. The molecule has 2 N–H and O–H groups in total. The van der Waals surface area contributed by atoms with Crippen LogP contribution in [0.1, 0.15) is 18.1 Å². The highest BCUT2D eigenvalue weighted by atomic mass is 16.3. The molecule has 0 amide bonds. The molecule has 0 radical (unpaired) electrons. The van der Waals surface area contributed by atoms with Gasteiger partial charge < -0.3 is 10.2 Å². The van der Waals surface area contributed by atoms with Crippen molar-refractivity contribution in [3.63, 3.8) is 0 Å². The van der Waals surface area contributed by atoms with Crippen LogP contribution >= 0.6 is 0 Å². The summed E-state index contributed by atoms with van der Waals surface area (Å²) in [6.45, 7) is 3.07. The Bertz CT molecular complexity index is 472. The quantitative estimate of drug-likeness (QED) is 0.821. The van der Waals surface area contributed by atoms with Crippen LogP contribution in [0, 0.1) is 0 Å². The van der Waals surface area contributed by atoms with Gasteiger partial charge in [-0.05, 0) is 18.1 Å². The van der Waals surface area contributed by atoms with Gasteiger partial charge in [0, 0.05) is 13.1 Å². The summed E-state index contributed by atoms with van der Waals surface area (Å²) in [5.41, 5.74) is 2.35. The van der Waals surface area contributed by atoms with Crippen LogP contribution in [0.15, 0.2) is 60.7 Å². The van der Waals surface area contributed by atoms with Crippen LogP contribution in [0.25, 0.3) is 0 Å². The third-order valence-electron chi connectivity index (χ3n) is 3.67. The molecule has 0 aromatic heterocycles. The van der Waals surface area contributed by atoms with Crippen molar-refractivity contribution < 1.29 is 10.2 Å². The standard InChI is InChI=1S/C18H23NO2/c1-15(21)18(14-20)19(12-16-8-4-2-5-9-16)13-17-10-6-3-7-11-17/h2-11,15,18,20-21H,12-14H2,1H3/t15-,18?/m1/s1. The highest BCUT2D eigenvalue weighted by Gasteiger charge is 2.22. The predicted octanol–water partition coefficient (Wildman–Crippen LogP) is 2.43. The van der Waals surface area contributed by atoms with Crippen LogP contribution in [0.2, 0.25) is 0 Å². The molecular weight excluding hydrogens is 262 g/mol. The monoisotopic (exact) mass is 285 g/mol. The van der Waals surface area contributed by atoms with Gasteiger partial charge in [-0.3, -0.25) is 4.90 Å². The molecule has 1 unspecified atom stereocenters. The first-order valence-electron chi connectivity index (χ1n) is 7.31. The first-order valence-corrected chi connectivity index (χ1v) is 7.31. The number of aliphatic hydroxyl groups excluding tert-OH is 2. The van der Waals surface area contributed by atoms with Crippen LogP contribution in [0.4, 0.5) is 0 Å². The van der Waals surface area contributed by atoms with Gasteiger partial charge in [-0.25, -0.2) is 0 Å². The van der Waals surface area contributed by atoms with Crippen molar-refractivity contribution in [3.05, 3.63) is 71.8 Å². The van der Waals surface area contributed by atoms with Crippen molar-refractivity contribution in [1.82, 2.24) is 4.90 Å². The van der Waals surface area contributed by atoms with Crippen molar-refractivity contribution in [2.45, 2.75) is 32.2 Å². The molecule has 2 atom stereocenters. The minimum Gasteiger partial charge on any atom is -0.395 e. The molecule has 2 aromatic rings. The summed E-state index contributed by atoms with van der Waals surface area (Å²) >= 11 is 0. The van der Waals surface area contributed by atoms with E-state index in [1.165, 1.54) is 11.1 Å². The van der Waals surface area contributed by atoms with Gasteiger partial charge in [0.2, 0.25) is 0 Å². The molecule has 0 aliphatic carbocycles. The molecule has 0 saturated heterocycles. The SMILES string of the molecule is C[C@@H](O)C(CO)N(Cc1ccccc1)Cc1ccccc1. The topological polar surface area (TPSA) is 43.7 Å². The average molecular weight is 285 g/mol. The van der Waals surface area contributed by atoms with Crippen molar-refractivity contribution >= 4 is 0 Å². The largest absolute Gasteiger partial charge is 0.395 e. The van der Waals surface area contributed by atoms with Gasteiger partial charge in [0.1, 0.15) is 0 Å². The molecule has 0 fully saturated rings. The summed E-state index contributed by atoms with van der Waals surface area (Å²) in [6.07, 6.45) is -0.581. The van der Waals surface area contributed by atoms with Crippen molar-refractivity contribution in [2.75, 3.05) is 6.61 Å². The van der Waals surface area contributed by atoms with Crippen LogP contribution < -0.4 is 0 Å². The first kappa shape index (κ1) is 15.7. The molecule has 2 aromatic carbocycles. The lowest BCUT2D eigenvalue weighted by molar-refractivity contribution is 0.0165. The molecule has 0 aliphatic rings. The van der Waals surface area contributed by atoms with E-state index in [0.29, 0.717) is 13.1 Å². The Kier molecular flexibility index (Phi) is 5.93. The molecule has 0 saturated carbocycles. The van der Waals surface area contributed by atoms with E-state index < -0.39 is 6.10 Å². The Balaban J connectivity index is 2.17. The first-order chi connectivity index (χ1) is 10.2. The zero-order valence-corrected chi connectivity index (χ0v) is 12.4. The Morgan fingerprint density at radius 2 is 1.29 bits per heavy atom. The maximum atomic E-state index is 9.94. The number of hydrogen-bond acceptors (Lipinski definition) is 3. The van der Waals surface area contributed by atoms with Crippen molar-refractivity contribution in [1.29, 1.82) is 0 Å². The van der Waals surface area contributed by atoms with Gasteiger partial charge in [0.05, 0.1) is 18.8 Å². The highest BCUT2D eigenvalue weighted by Crippen LogP contribution is 2.15. The predicted molar refractivity (Wildman–Crippen MR) is 84.7 cm³/mol. The molecule has 0 bridgehead atoms. The van der Waals surface area contributed by atoms with Gasteiger partial charge in [-0.2, -0.15) is 0 Å². The maximum Gasteiger partial charge on any atom is 0.0689 e. The number of rotatable bonds is 7. The van der Waals surface area contributed by atoms with E-state index in [0.717, 1.165) is 0 Å². The zero-order valence-electron chi connectivity index (χ0n) is 12.4. The fraction of sp³-hybridized carbons (Fsp3) is 0.333. The fourth-order valence-corrected chi connectivity index (χ4v) is 2.50. The van der Waals surface area contributed by atoms with E-state index in [9.17, 15) is 10.2 Å². The lowest BCUT2D eigenvalue weighted by Gasteiger charge is -2.32. The van der Waals surface area contributed by atoms with Crippen molar-refractivity contribution in [3.8, 4) is 0 Å². The van der Waals surface area contributed by atoms with E-state index in [1.807, 2.05) is 36.4 Å². The van der Waals surface area contributed by atoms with E-state index in [4.69, 9.17) is 0 Å². The second-order valence-corrected chi connectivity index (χ2v) is 5.37. The van der Waals surface area contributed by atoms with E-state index >= 15 is 0 Å². The summed E-state index contributed by atoms with van der Waals surface area (Å²) in [5.74, 6) is 0. The normalized spacial score (nSPS) is 14.1. The zero-order chi connectivity index (χ0) is 15.1. The summed E-state index contributed by atoms with van der Waals surface area (Å²) in [6, 6.07) is 20.0. The van der Waals surface area contributed by atoms with Gasteiger partial charge >= 0.3 is 0 Å². The average Bonchev–Trinajstić information content (AvgIpc) is 2.49. The smallest absolute Gasteiger partial charge is 0.0689 e.